The van der Waals surface area contributed by atoms with Gasteiger partial charge in [-0.15, -0.1) is 12.4 Å². The fourth-order valence-electron chi connectivity index (χ4n) is 1.88. The van der Waals surface area contributed by atoms with Gasteiger partial charge in [0.05, 0.1) is 12.4 Å². The minimum absolute atomic E-state index is 0. The molecule has 0 spiro atoms. The van der Waals surface area contributed by atoms with Crippen molar-refractivity contribution in [2.75, 3.05) is 13.2 Å². The molecule has 3 N–H and O–H groups in total. The van der Waals surface area contributed by atoms with Crippen LogP contribution in [-0.4, -0.2) is 34.9 Å². The summed E-state index contributed by atoms with van der Waals surface area (Å²) in [7, 11) is 0. The van der Waals surface area contributed by atoms with Gasteiger partial charge in [0.15, 0.2) is 5.75 Å². The van der Waals surface area contributed by atoms with Crippen LogP contribution in [-0.2, 0) is 10.3 Å². The Hall–Kier alpha value is -1.27. The molecule has 6 nitrogen and oxygen atoms in total. The highest BCUT2D eigenvalue weighted by molar-refractivity contribution is 5.85. The Kier molecular flexibility index (Phi) is 5.83. The molecule has 0 radical (unpaired) electrons. The first-order valence-corrected chi connectivity index (χ1v) is 6.73. The van der Waals surface area contributed by atoms with E-state index in [9.17, 15) is 4.79 Å². The first-order chi connectivity index (χ1) is 9.04. The second-order valence-corrected chi connectivity index (χ2v) is 5.42. The summed E-state index contributed by atoms with van der Waals surface area (Å²) in [5.74, 6) is 0.626. The summed E-state index contributed by atoms with van der Waals surface area (Å²) in [6, 6.07) is 0.329. The van der Waals surface area contributed by atoms with E-state index >= 15 is 0 Å². The third-order valence-electron chi connectivity index (χ3n) is 3.51. The predicted molar refractivity (Wildman–Crippen MR) is 79.1 cm³/mol. The van der Waals surface area contributed by atoms with Gasteiger partial charge in [0.2, 0.25) is 5.91 Å². The minimum atomic E-state index is -0.722. The Balaban J connectivity index is 0.00000200. The number of ether oxygens (including phenoxy) is 1. The second-order valence-electron chi connectivity index (χ2n) is 5.42. The van der Waals surface area contributed by atoms with Crippen molar-refractivity contribution in [1.29, 1.82) is 0 Å². The Morgan fingerprint density at radius 2 is 2.30 bits per heavy atom. The van der Waals surface area contributed by atoms with Crippen molar-refractivity contribution in [3.05, 3.63) is 12.4 Å². The molecule has 1 aliphatic rings. The lowest BCUT2D eigenvalue weighted by molar-refractivity contribution is -0.130. The molecule has 0 bridgehead atoms. The van der Waals surface area contributed by atoms with E-state index in [-0.39, 0.29) is 18.3 Å². The molecule has 2 rings (SSSR count). The quantitative estimate of drug-likeness (QED) is 0.823. The number of hydrogen-bond acceptors (Lipinski definition) is 4. The molecular formula is C13H23ClN4O2. The molecule has 1 heterocycles. The van der Waals surface area contributed by atoms with Crippen LogP contribution in [0.15, 0.2) is 12.4 Å². The van der Waals surface area contributed by atoms with Gasteiger partial charge < -0.3 is 15.8 Å². The van der Waals surface area contributed by atoms with E-state index in [1.54, 1.807) is 17.1 Å². The number of rotatable bonds is 6. The number of nitrogens with one attached hydrogen (secondary N) is 1. The Morgan fingerprint density at radius 1 is 1.60 bits per heavy atom. The average Bonchev–Trinajstić information content (AvgIpc) is 2.80. The molecule has 114 valence electrons. The topological polar surface area (TPSA) is 82.2 Å². The van der Waals surface area contributed by atoms with E-state index < -0.39 is 5.54 Å². The molecule has 1 aromatic rings. The van der Waals surface area contributed by atoms with E-state index in [0.29, 0.717) is 24.9 Å². The van der Waals surface area contributed by atoms with Gasteiger partial charge in [-0.25, -0.2) is 0 Å². The van der Waals surface area contributed by atoms with Crippen molar-refractivity contribution in [3.63, 3.8) is 0 Å². The molecule has 1 fully saturated rings. The molecule has 7 heteroatoms. The van der Waals surface area contributed by atoms with Crippen LogP contribution in [0, 0.1) is 0 Å². The van der Waals surface area contributed by atoms with E-state index in [1.165, 1.54) is 6.42 Å². The maximum atomic E-state index is 12.3. The molecule has 0 unspecified atom stereocenters. The number of carbonyl (C=O) groups is 1. The smallest absolute Gasteiger partial charge is 0.247 e. The zero-order valence-corrected chi connectivity index (χ0v) is 12.8. The summed E-state index contributed by atoms with van der Waals surface area (Å²) in [6.45, 7) is 4.60. The summed E-state index contributed by atoms with van der Waals surface area (Å²) >= 11 is 0. The average molecular weight is 303 g/mol. The van der Waals surface area contributed by atoms with E-state index in [1.807, 2.05) is 13.8 Å². The number of nitrogens with two attached hydrogens (primary N) is 1. The van der Waals surface area contributed by atoms with Crippen LogP contribution in [0.3, 0.4) is 0 Å². The molecule has 1 aromatic heterocycles. The fraction of sp³-hybridized carbons (Fsp3) is 0.692. The van der Waals surface area contributed by atoms with Gasteiger partial charge in [0.1, 0.15) is 12.1 Å². The summed E-state index contributed by atoms with van der Waals surface area (Å²) in [4.78, 5) is 12.3. The first-order valence-electron chi connectivity index (χ1n) is 6.73. The van der Waals surface area contributed by atoms with Crippen molar-refractivity contribution >= 4 is 18.3 Å². The number of carbonyl (C=O) groups excluding carboxylic acids is 1. The lowest BCUT2D eigenvalue weighted by Crippen LogP contribution is -2.50. The normalized spacial score (nSPS) is 15.2. The maximum Gasteiger partial charge on any atom is 0.247 e. The molecule has 1 amide bonds. The maximum absolute atomic E-state index is 12.3. The van der Waals surface area contributed by atoms with Gasteiger partial charge >= 0.3 is 0 Å². The van der Waals surface area contributed by atoms with Crippen LogP contribution in [0.1, 0.15) is 33.1 Å². The van der Waals surface area contributed by atoms with Crippen molar-refractivity contribution in [1.82, 2.24) is 15.1 Å². The summed E-state index contributed by atoms with van der Waals surface area (Å²) in [6.07, 6.45) is 6.69. The van der Waals surface area contributed by atoms with Crippen LogP contribution in [0.25, 0.3) is 0 Å². The van der Waals surface area contributed by atoms with Crippen LogP contribution in [0.2, 0.25) is 0 Å². The van der Waals surface area contributed by atoms with Gasteiger partial charge in [-0.05, 0) is 33.1 Å². The number of amides is 1. The van der Waals surface area contributed by atoms with Gasteiger partial charge in [-0.3, -0.25) is 9.48 Å². The summed E-state index contributed by atoms with van der Waals surface area (Å²) < 4.78 is 7.02. The standard InChI is InChI=1S/C13H22N4O2.ClH/c1-13(2,12(18)16-10-4-3-5-10)17-9-11(8-15-17)19-7-6-14;/h8-10H,3-7,14H2,1-2H3,(H,16,18);1H. The Morgan fingerprint density at radius 3 is 2.85 bits per heavy atom. The summed E-state index contributed by atoms with van der Waals surface area (Å²) in [5, 5.41) is 7.25. The number of halogens is 1. The number of hydrogen-bond donors (Lipinski definition) is 2. The highest BCUT2D eigenvalue weighted by Crippen LogP contribution is 2.22. The minimum Gasteiger partial charge on any atom is -0.489 e. The molecule has 0 atom stereocenters. The van der Waals surface area contributed by atoms with Crippen molar-refractivity contribution in [2.45, 2.75) is 44.7 Å². The Labute approximate surface area is 125 Å². The van der Waals surface area contributed by atoms with Crippen molar-refractivity contribution in [3.8, 4) is 5.75 Å². The van der Waals surface area contributed by atoms with Crippen LogP contribution >= 0.6 is 12.4 Å². The fourth-order valence-corrected chi connectivity index (χ4v) is 1.88. The molecule has 20 heavy (non-hydrogen) atoms. The van der Waals surface area contributed by atoms with E-state index in [4.69, 9.17) is 10.5 Å². The Bertz CT molecular complexity index is 443. The molecule has 0 aliphatic heterocycles. The zero-order valence-electron chi connectivity index (χ0n) is 12.0. The predicted octanol–water partition coefficient (Wildman–Crippen LogP) is 1.05. The van der Waals surface area contributed by atoms with Crippen molar-refractivity contribution in [2.24, 2.45) is 5.73 Å². The van der Waals surface area contributed by atoms with Crippen molar-refractivity contribution < 1.29 is 9.53 Å². The van der Waals surface area contributed by atoms with Crippen LogP contribution in [0.4, 0.5) is 0 Å². The molecule has 1 aliphatic carbocycles. The highest BCUT2D eigenvalue weighted by Gasteiger charge is 2.33. The second kappa shape index (κ2) is 6.95. The molecular weight excluding hydrogens is 280 g/mol. The van der Waals surface area contributed by atoms with Crippen LogP contribution in [0.5, 0.6) is 5.75 Å². The zero-order chi connectivity index (χ0) is 13.9. The number of nitrogens with zero attached hydrogens (tertiary/aromatic N) is 2. The molecule has 1 saturated carbocycles. The third-order valence-corrected chi connectivity index (χ3v) is 3.51. The monoisotopic (exact) mass is 302 g/mol. The largest absolute Gasteiger partial charge is 0.489 e. The highest BCUT2D eigenvalue weighted by atomic mass is 35.5. The van der Waals surface area contributed by atoms with Gasteiger partial charge in [-0.1, -0.05) is 0 Å². The van der Waals surface area contributed by atoms with Crippen LogP contribution < -0.4 is 15.8 Å². The number of aromatic nitrogens is 2. The van der Waals surface area contributed by atoms with E-state index in [0.717, 1.165) is 12.8 Å². The molecule has 0 saturated heterocycles. The van der Waals surface area contributed by atoms with Gasteiger partial charge in [-0.2, -0.15) is 5.10 Å². The van der Waals surface area contributed by atoms with E-state index in [2.05, 4.69) is 10.4 Å². The lowest BCUT2D eigenvalue weighted by atomic mass is 9.92. The summed E-state index contributed by atoms with van der Waals surface area (Å²) in [5.41, 5.74) is 4.66. The SMILES string of the molecule is CC(C)(C(=O)NC1CCC1)n1cc(OCCN)cn1.Cl. The lowest BCUT2D eigenvalue weighted by Gasteiger charge is -2.31. The first kappa shape index (κ1) is 16.8. The molecule has 0 aromatic carbocycles. The van der Waals surface area contributed by atoms with Gasteiger partial charge in [0.25, 0.3) is 0 Å². The third kappa shape index (κ3) is 3.64. The van der Waals surface area contributed by atoms with Gasteiger partial charge in [0, 0.05) is 12.6 Å².